The van der Waals surface area contributed by atoms with E-state index in [4.69, 9.17) is 9.47 Å². The van der Waals surface area contributed by atoms with Crippen LogP contribution in [0, 0.1) is 5.92 Å². The number of piperidine rings is 1. The van der Waals surface area contributed by atoms with Crippen molar-refractivity contribution in [2.24, 2.45) is 5.92 Å². The van der Waals surface area contributed by atoms with Crippen molar-refractivity contribution in [3.8, 4) is 5.75 Å². The second-order valence-electron chi connectivity index (χ2n) is 12.7. The Morgan fingerprint density at radius 1 is 1.17 bits per heavy atom. The average molecular weight is 600 g/mol. The van der Waals surface area contributed by atoms with Crippen LogP contribution < -0.4 is 9.64 Å². The first-order valence-electron chi connectivity index (χ1n) is 13.9. The van der Waals surface area contributed by atoms with Crippen LogP contribution in [0.5, 0.6) is 5.75 Å². The lowest BCUT2D eigenvalue weighted by Gasteiger charge is -2.42. The van der Waals surface area contributed by atoms with Gasteiger partial charge in [-0.05, 0) is 73.4 Å². The number of likely N-dealkylation sites (tertiary alicyclic amines) is 1. The molecule has 1 fully saturated rings. The molecule has 3 amide bonds. The topological polar surface area (TPSA) is 117 Å². The fourth-order valence-electron chi connectivity index (χ4n) is 5.19. The van der Waals surface area contributed by atoms with Crippen molar-refractivity contribution in [2.45, 2.75) is 97.7 Å². The predicted molar refractivity (Wildman–Crippen MR) is 147 cm³/mol. The second-order valence-corrected chi connectivity index (χ2v) is 12.7. The van der Waals surface area contributed by atoms with Gasteiger partial charge in [-0.3, -0.25) is 14.4 Å². The van der Waals surface area contributed by atoms with Crippen LogP contribution in [0.1, 0.15) is 84.2 Å². The highest BCUT2D eigenvalue weighted by molar-refractivity contribution is 6.05. The van der Waals surface area contributed by atoms with Gasteiger partial charge in [0.2, 0.25) is 0 Å². The fraction of sp³-hybridized carbons (Fsp3) is 0.655. The molecule has 42 heavy (non-hydrogen) atoms. The maximum absolute atomic E-state index is 14.4. The molecule has 0 radical (unpaired) electrons. The first-order valence-corrected chi connectivity index (χ1v) is 13.9. The molecule has 2 atom stereocenters. The van der Waals surface area contributed by atoms with Gasteiger partial charge in [-0.1, -0.05) is 6.92 Å². The first kappa shape index (κ1) is 33.0. The van der Waals surface area contributed by atoms with Gasteiger partial charge in [0.1, 0.15) is 11.4 Å². The Morgan fingerprint density at radius 2 is 1.79 bits per heavy atom. The van der Waals surface area contributed by atoms with E-state index in [-0.39, 0.29) is 24.5 Å². The van der Waals surface area contributed by atoms with Gasteiger partial charge in [-0.25, -0.2) is 4.79 Å². The number of hydrogen-bond donors (Lipinski definition) is 1. The first-order chi connectivity index (χ1) is 19.1. The number of carboxylic acids is 1. The Hall–Kier alpha value is -3.51. The standard InChI is InChI=1S/C29H40F3N3O7/c1-16(2)35(18-10-9-11-33(15-18)26(40)42-27(4,5)6)23(36)19-12-21-22(13-20(19)29(30,31)32)41-28(7,8)25(39)34(21)14-17(3)24(37)38/h12-13,16-18H,9-11,14-15H2,1-8H3,(H,37,38)/t17-,18+/m0/s1. The molecule has 2 heterocycles. The van der Waals surface area contributed by atoms with Crippen LogP contribution in [0.15, 0.2) is 12.1 Å². The number of anilines is 1. The van der Waals surface area contributed by atoms with E-state index in [1.165, 1.54) is 30.6 Å². The number of carbonyl (C=O) groups excluding carboxylic acids is 3. The quantitative estimate of drug-likeness (QED) is 0.479. The van der Waals surface area contributed by atoms with E-state index in [1.54, 1.807) is 34.6 Å². The zero-order valence-corrected chi connectivity index (χ0v) is 25.3. The van der Waals surface area contributed by atoms with Crippen LogP contribution in [0.2, 0.25) is 0 Å². The lowest BCUT2D eigenvalue weighted by molar-refractivity contribution is -0.141. The SMILES string of the molecule is CC(C)N(C(=O)c1cc2c(cc1C(F)(F)F)OC(C)(C)C(=O)N2C[C@H](C)C(=O)O)[C@@H]1CCCN(C(=O)OC(C)(C)C)C1. The number of carbonyl (C=O) groups is 4. The molecule has 1 saturated heterocycles. The molecule has 0 spiro atoms. The van der Waals surface area contributed by atoms with Crippen molar-refractivity contribution in [3.05, 3.63) is 23.3 Å². The van der Waals surface area contributed by atoms with Crippen LogP contribution in [0.25, 0.3) is 0 Å². The number of hydrogen-bond acceptors (Lipinski definition) is 6. The summed E-state index contributed by atoms with van der Waals surface area (Å²) in [5.74, 6) is -4.12. The molecular formula is C29H40F3N3O7. The number of alkyl halides is 3. The van der Waals surface area contributed by atoms with Gasteiger partial charge in [0, 0.05) is 25.7 Å². The van der Waals surface area contributed by atoms with Gasteiger partial charge < -0.3 is 29.3 Å². The molecule has 1 aromatic rings. The van der Waals surface area contributed by atoms with Crippen molar-refractivity contribution in [1.29, 1.82) is 0 Å². The number of rotatable bonds is 6. The number of fused-ring (bicyclic) bond motifs is 1. The van der Waals surface area contributed by atoms with Gasteiger partial charge in [-0.15, -0.1) is 0 Å². The van der Waals surface area contributed by atoms with Gasteiger partial charge in [0.15, 0.2) is 5.60 Å². The van der Waals surface area contributed by atoms with E-state index >= 15 is 0 Å². The highest BCUT2D eigenvalue weighted by Crippen LogP contribution is 2.44. The summed E-state index contributed by atoms with van der Waals surface area (Å²) in [6.45, 7) is 12.8. The molecule has 1 aromatic carbocycles. The van der Waals surface area contributed by atoms with Crippen molar-refractivity contribution >= 4 is 29.6 Å². The maximum atomic E-state index is 14.4. The maximum Gasteiger partial charge on any atom is 0.417 e. The Morgan fingerprint density at radius 3 is 2.31 bits per heavy atom. The number of carboxylic acid groups (broad SMARTS) is 1. The van der Waals surface area contributed by atoms with Crippen molar-refractivity contribution in [3.63, 3.8) is 0 Å². The van der Waals surface area contributed by atoms with E-state index in [0.717, 1.165) is 11.0 Å². The number of amides is 3. The van der Waals surface area contributed by atoms with Crippen LogP contribution >= 0.6 is 0 Å². The summed E-state index contributed by atoms with van der Waals surface area (Å²) in [7, 11) is 0. The summed E-state index contributed by atoms with van der Waals surface area (Å²) in [6.07, 6.45) is -4.57. The summed E-state index contributed by atoms with van der Waals surface area (Å²) >= 11 is 0. The zero-order valence-electron chi connectivity index (χ0n) is 25.3. The number of halogens is 3. The number of benzene rings is 1. The number of nitrogens with zero attached hydrogens (tertiary/aromatic N) is 3. The fourth-order valence-corrected chi connectivity index (χ4v) is 5.19. The van der Waals surface area contributed by atoms with E-state index in [2.05, 4.69) is 0 Å². The molecule has 10 nitrogen and oxygen atoms in total. The Balaban J connectivity index is 2.10. The van der Waals surface area contributed by atoms with Gasteiger partial charge in [0.25, 0.3) is 11.8 Å². The largest absolute Gasteiger partial charge is 0.481 e. The summed E-state index contributed by atoms with van der Waals surface area (Å²) in [5, 5.41) is 9.46. The molecular weight excluding hydrogens is 559 g/mol. The van der Waals surface area contributed by atoms with Crippen LogP contribution in [0.4, 0.5) is 23.7 Å². The highest BCUT2D eigenvalue weighted by atomic mass is 19.4. The normalized spacial score (nSPS) is 19.6. The van der Waals surface area contributed by atoms with E-state index in [9.17, 15) is 37.5 Å². The van der Waals surface area contributed by atoms with Crippen molar-refractivity contribution in [1.82, 2.24) is 9.80 Å². The minimum absolute atomic E-state index is 0.0726. The molecule has 234 valence electrons. The van der Waals surface area contributed by atoms with Crippen LogP contribution in [-0.4, -0.2) is 81.7 Å². The minimum atomic E-state index is -4.95. The molecule has 0 unspecified atom stereocenters. The van der Waals surface area contributed by atoms with Gasteiger partial charge in [-0.2, -0.15) is 13.2 Å². The molecule has 2 aliphatic rings. The molecule has 13 heteroatoms. The van der Waals surface area contributed by atoms with Crippen molar-refractivity contribution in [2.75, 3.05) is 24.5 Å². The average Bonchev–Trinajstić information content (AvgIpc) is 2.84. The van der Waals surface area contributed by atoms with Gasteiger partial charge >= 0.3 is 18.2 Å². The van der Waals surface area contributed by atoms with E-state index in [1.807, 2.05) is 0 Å². The zero-order chi connectivity index (χ0) is 31.9. The monoisotopic (exact) mass is 599 g/mol. The molecule has 0 bridgehead atoms. The second kappa shape index (κ2) is 11.6. The van der Waals surface area contributed by atoms with E-state index < -0.39 is 70.4 Å². The third kappa shape index (κ3) is 7.09. The molecule has 0 saturated carbocycles. The number of aliphatic carboxylic acids is 1. The molecule has 3 rings (SSSR count). The molecule has 0 aliphatic carbocycles. The summed E-state index contributed by atoms with van der Waals surface area (Å²) in [4.78, 5) is 55.5. The Bertz CT molecular complexity index is 1240. The summed E-state index contributed by atoms with van der Waals surface area (Å²) < 4.78 is 54.4. The molecule has 1 N–H and O–H groups in total. The Kier molecular flexibility index (Phi) is 9.14. The van der Waals surface area contributed by atoms with Gasteiger partial charge in [0.05, 0.1) is 28.8 Å². The third-order valence-electron chi connectivity index (χ3n) is 7.16. The summed E-state index contributed by atoms with van der Waals surface area (Å²) in [5.41, 5.74) is -4.38. The minimum Gasteiger partial charge on any atom is -0.481 e. The predicted octanol–water partition coefficient (Wildman–Crippen LogP) is 5.18. The van der Waals surface area contributed by atoms with Crippen molar-refractivity contribution < 1.29 is 46.9 Å². The van der Waals surface area contributed by atoms with Crippen LogP contribution in [0.3, 0.4) is 0 Å². The highest BCUT2D eigenvalue weighted by Gasteiger charge is 2.46. The molecule has 0 aromatic heterocycles. The lowest BCUT2D eigenvalue weighted by atomic mass is 9.96. The smallest absolute Gasteiger partial charge is 0.417 e. The molecule has 2 aliphatic heterocycles. The summed E-state index contributed by atoms with van der Waals surface area (Å²) in [6, 6.07) is 0.516. The number of ether oxygens (including phenoxy) is 2. The van der Waals surface area contributed by atoms with Crippen LogP contribution in [-0.2, 0) is 20.5 Å². The third-order valence-corrected chi connectivity index (χ3v) is 7.16. The lowest BCUT2D eigenvalue weighted by Crippen LogP contribution is -2.55. The van der Waals surface area contributed by atoms with E-state index in [0.29, 0.717) is 25.5 Å². The Labute approximate surface area is 243 Å².